The Kier molecular flexibility index (Phi) is 4.83. The van der Waals surface area contributed by atoms with Gasteiger partial charge in [-0.05, 0) is 49.7 Å². The van der Waals surface area contributed by atoms with Crippen molar-refractivity contribution in [3.05, 3.63) is 28.2 Å². The summed E-state index contributed by atoms with van der Waals surface area (Å²) < 4.78 is 6.80. The molecule has 1 aliphatic rings. The van der Waals surface area contributed by atoms with Gasteiger partial charge < -0.3 is 10.5 Å². The Morgan fingerprint density at radius 1 is 1.29 bits per heavy atom. The molecular weight excluding hydrogens is 280 g/mol. The van der Waals surface area contributed by atoms with Crippen LogP contribution in [0.5, 0.6) is 5.75 Å². The zero-order chi connectivity index (χ0) is 12.1. The number of hydrogen-bond donors (Lipinski definition) is 1. The summed E-state index contributed by atoms with van der Waals surface area (Å²) in [6, 6.07) is 5.98. The van der Waals surface area contributed by atoms with Gasteiger partial charge in [0.1, 0.15) is 12.4 Å². The lowest BCUT2D eigenvalue weighted by molar-refractivity contribution is 0.237. The fraction of sp³-hybridized carbons (Fsp3) is 0.538. The average Bonchev–Trinajstić information content (AvgIpc) is 2.84. The highest BCUT2D eigenvalue weighted by Gasteiger charge is 2.10. The van der Waals surface area contributed by atoms with Crippen LogP contribution in [-0.2, 0) is 6.54 Å². The summed E-state index contributed by atoms with van der Waals surface area (Å²) in [5.74, 6) is 0.910. The van der Waals surface area contributed by atoms with E-state index >= 15 is 0 Å². The van der Waals surface area contributed by atoms with Gasteiger partial charge in [-0.25, -0.2) is 0 Å². The number of halogens is 1. The largest absolute Gasteiger partial charge is 0.492 e. The first-order chi connectivity index (χ1) is 8.29. The first kappa shape index (κ1) is 12.9. The predicted octanol–water partition coefficient (Wildman–Crippen LogP) is 2.38. The van der Waals surface area contributed by atoms with Crippen LogP contribution >= 0.6 is 15.9 Å². The Labute approximate surface area is 111 Å². The second kappa shape index (κ2) is 6.38. The standard InChI is InChI=1S/C13H19BrN2O/c14-13-4-3-12(9-11(13)10-15)17-8-7-16-5-1-2-6-16/h3-4,9H,1-2,5-8,10,15H2. The van der Waals surface area contributed by atoms with E-state index in [1.807, 2.05) is 18.2 Å². The molecule has 3 nitrogen and oxygen atoms in total. The molecule has 17 heavy (non-hydrogen) atoms. The van der Waals surface area contributed by atoms with E-state index in [1.54, 1.807) is 0 Å². The smallest absolute Gasteiger partial charge is 0.119 e. The van der Waals surface area contributed by atoms with Crippen LogP contribution < -0.4 is 10.5 Å². The monoisotopic (exact) mass is 298 g/mol. The van der Waals surface area contributed by atoms with E-state index in [1.165, 1.54) is 25.9 Å². The van der Waals surface area contributed by atoms with Gasteiger partial charge in [0.15, 0.2) is 0 Å². The molecule has 1 saturated heterocycles. The first-order valence-corrected chi connectivity index (χ1v) is 6.92. The van der Waals surface area contributed by atoms with Gasteiger partial charge in [-0.15, -0.1) is 0 Å². The second-order valence-corrected chi connectivity index (χ2v) is 5.21. The number of hydrogen-bond acceptors (Lipinski definition) is 3. The van der Waals surface area contributed by atoms with Crippen molar-refractivity contribution >= 4 is 15.9 Å². The Hall–Kier alpha value is -0.580. The average molecular weight is 299 g/mol. The number of nitrogens with two attached hydrogens (primary N) is 1. The third-order valence-corrected chi connectivity index (χ3v) is 3.89. The molecule has 0 spiro atoms. The van der Waals surface area contributed by atoms with Crippen LogP contribution in [0.2, 0.25) is 0 Å². The molecule has 0 unspecified atom stereocenters. The summed E-state index contributed by atoms with van der Waals surface area (Å²) in [6.07, 6.45) is 2.66. The summed E-state index contributed by atoms with van der Waals surface area (Å²) in [6.45, 7) is 4.75. The fourth-order valence-corrected chi connectivity index (χ4v) is 2.50. The van der Waals surface area contributed by atoms with Gasteiger partial charge in [0.25, 0.3) is 0 Å². The lowest BCUT2D eigenvalue weighted by atomic mass is 10.2. The third-order valence-electron chi connectivity index (χ3n) is 3.11. The van der Waals surface area contributed by atoms with E-state index in [2.05, 4.69) is 20.8 Å². The van der Waals surface area contributed by atoms with Gasteiger partial charge in [0.2, 0.25) is 0 Å². The van der Waals surface area contributed by atoms with Gasteiger partial charge in [-0.3, -0.25) is 4.90 Å². The zero-order valence-corrected chi connectivity index (χ0v) is 11.6. The second-order valence-electron chi connectivity index (χ2n) is 4.35. The highest BCUT2D eigenvalue weighted by Crippen LogP contribution is 2.22. The molecule has 1 heterocycles. The minimum atomic E-state index is 0.532. The van der Waals surface area contributed by atoms with Gasteiger partial charge >= 0.3 is 0 Å². The minimum Gasteiger partial charge on any atom is -0.492 e. The molecule has 0 radical (unpaired) electrons. The van der Waals surface area contributed by atoms with E-state index in [0.29, 0.717) is 6.54 Å². The van der Waals surface area contributed by atoms with E-state index in [0.717, 1.165) is 28.9 Å². The van der Waals surface area contributed by atoms with Gasteiger partial charge in [0, 0.05) is 17.6 Å². The maximum Gasteiger partial charge on any atom is 0.119 e. The number of likely N-dealkylation sites (tertiary alicyclic amines) is 1. The zero-order valence-electron chi connectivity index (χ0n) is 9.99. The molecule has 2 N–H and O–H groups in total. The molecule has 0 saturated carbocycles. The molecule has 1 fully saturated rings. The van der Waals surface area contributed by atoms with E-state index in [9.17, 15) is 0 Å². The van der Waals surface area contributed by atoms with Crippen molar-refractivity contribution in [3.8, 4) is 5.75 Å². The Morgan fingerprint density at radius 2 is 2.06 bits per heavy atom. The summed E-state index contributed by atoms with van der Waals surface area (Å²) in [5.41, 5.74) is 6.74. The molecule has 0 aromatic heterocycles. The number of nitrogens with zero attached hydrogens (tertiary/aromatic N) is 1. The minimum absolute atomic E-state index is 0.532. The quantitative estimate of drug-likeness (QED) is 0.907. The van der Waals surface area contributed by atoms with Crippen molar-refractivity contribution in [2.24, 2.45) is 5.73 Å². The van der Waals surface area contributed by atoms with E-state index in [4.69, 9.17) is 10.5 Å². The number of ether oxygens (including phenoxy) is 1. The Bertz CT molecular complexity index is 364. The number of benzene rings is 1. The molecule has 1 aromatic carbocycles. The maximum atomic E-state index is 5.75. The summed E-state index contributed by atoms with van der Waals surface area (Å²) in [4.78, 5) is 2.45. The summed E-state index contributed by atoms with van der Waals surface area (Å²) in [7, 11) is 0. The van der Waals surface area contributed by atoms with E-state index in [-0.39, 0.29) is 0 Å². The van der Waals surface area contributed by atoms with Crippen LogP contribution in [0.3, 0.4) is 0 Å². The highest BCUT2D eigenvalue weighted by atomic mass is 79.9. The Morgan fingerprint density at radius 3 is 2.76 bits per heavy atom. The SMILES string of the molecule is NCc1cc(OCCN2CCCC2)ccc1Br. The molecule has 4 heteroatoms. The van der Waals surface area contributed by atoms with E-state index < -0.39 is 0 Å². The molecule has 94 valence electrons. The Balaban J connectivity index is 1.81. The van der Waals surface area contributed by atoms with Crippen molar-refractivity contribution in [1.82, 2.24) is 4.90 Å². The number of rotatable bonds is 5. The predicted molar refractivity (Wildman–Crippen MR) is 73.2 cm³/mol. The van der Waals surface area contributed by atoms with Crippen LogP contribution in [0.15, 0.2) is 22.7 Å². The highest BCUT2D eigenvalue weighted by molar-refractivity contribution is 9.10. The molecule has 0 amide bonds. The molecule has 1 aliphatic heterocycles. The molecule has 1 aromatic rings. The van der Waals surface area contributed by atoms with Crippen LogP contribution in [-0.4, -0.2) is 31.1 Å². The molecule has 0 aliphatic carbocycles. The first-order valence-electron chi connectivity index (χ1n) is 6.13. The van der Waals surface area contributed by atoms with Crippen molar-refractivity contribution < 1.29 is 4.74 Å². The van der Waals surface area contributed by atoms with Crippen molar-refractivity contribution in [2.75, 3.05) is 26.2 Å². The lowest BCUT2D eigenvalue weighted by Crippen LogP contribution is -2.25. The maximum absolute atomic E-state index is 5.75. The van der Waals surface area contributed by atoms with Crippen LogP contribution in [0.4, 0.5) is 0 Å². The summed E-state index contributed by atoms with van der Waals surface area (Å²) >= 11 is 3.47. The lowest BCUT2D eigenvalue weighted by Gasteiger charge is -2.15. The topological polar surface area (TPSA) is 38.5 Å². The molecule has 2 rings (SSSR count). The van der Waals surface area contributed by atoms with Crippen molar-refractivity contribution in [3.63, 3.8) is 0 Å². The summed E-state index contributed by atoms with van der Waals surface area (Å²) in [5, 5.41) is 0. The van der Waals surface area contributed by atoms with Crippen molar-refractivity contribution in [1.29, 1.82) is 0 Å². The van der Waals surface area contributed by atoms with Gasteiger partial charge in [0.05, 0.1) is 0 Å². The third kappa shape index (κ3) is 3.69. The van der Waals surface area contributed by atoms with Crippen LogP contribution in [0, 0.1) is 0 Å². The molecular formula is C13H19BrN2O. The molecule has 0 bridgehead atoms. The van der Waals surface area contributed by atoms with Gasteiger partial charge in [-0.2, -0.15) is 0 Å². The van der Waals surface area contributed by atoms with Crippen LogP contribution in [0.1, 0.15) is 18.4 Å². The van der Waals surface area contributed by atoms with Crippen LogP contribution in [0.25, 0.3) is 0 Å². The fourth-order valence-electron chi connectivity index (χ4n) is 2.10. The normalized spacial score (nSPS) is 16.4. The van der Waals surface area contributed by atoms with Gasteiger partial charge in [-0.1, -0.05) is 15.9 Å². The molecule has 0 atom stereocenters. The van der Waals surface area contributed by atoms with Crippen molar-refractivity contribution in [2.45, 2.75) is 19.4 Å².